The number of hydrogen-bond donors (Lipinski definition) is 0. The van der Waals surface area contributed by atoms with Crippen LogP contribution in [0.15, 0.2) is 16.3 Å². The average molecular weight is 234 g/mol. The fraction of sp³-hybridized carbons (Fsp3) is 0.714. The van der Waals surface area contributed by atoms with Crippen LogP contribution < -0.4 is 0 Å². The van der Waals surface area contributed by atoms with Gasteiger partial charge in [-0.05, 0) is 38.2 Å². The van der Waals surface area contributed by atoms with Gasteiger partial charge >= 0.3 is 0 Å². The summed E-state index contributed by atoms with van der Waals surface area (Å²) in [5.74, 6) is 1.63. The number of nitrogens with zero attached hydrogens (tertiary/aromatic N) is 2. The Morgan fingerprint density at radius 3 is 2.65 bits per heavy atom. The molecule has 0 aromatic rings. The third kappa shape index (κ3) is 2.76. The van der Waals surface area contributed by atoms with Crippen molar-refractivity contribution >= 4 is 11.6 Å². The van der Waals surface area contributed by atoms with Gasteiger partial charge in [-0.1, -0.05) is 6.92 Å². The van der Waals surface area contributed by atoms with Gasteiger partial charge in [-0.15, -0.1) is 0 Å². The van der Waals surface area contributed by atoms with E-state index in [0.29, 0.717) is 0 Å². The number of Topliss-reactive ketones (excluding diaryl/α,β-unsaturated/α-hetero) is 1. The molecule has 0 amide bonds. The molecule has 0 spiro atoms. The largest absolute Gasteiger partial charge is 0.363 e. The predicted molar refractivity (Wildman–Crippen MR) is 70.0 cm³/mol. The summed E-state index contributed by atoms with van der Waals surface area (Å²) in [4.78, 5) is 19.0. The van der Waals surface area contributed by atoms with Crippen molar-refractivity contribution in [1.29, 1.82) is 0 Å². The van der Waals surface area contributed by atoms with E-state index in [1.165, 1.54) is 0 Å². The van der Waals surface area contributed by atoms with Gasteiger partial charge in [-0.3, -0.25) is 4.79 Å². The van der Waals surface area contributed by atoms with Crippen molar-refractivity contribution in [3.8, 4) is 0 Å². The average Bonchev–Trinajstić information content (AvgIpc) is 3.09. The highest BCUT2D eigenvalue weighted by Gasteiger charge is 2.33. The monoisotopic (exact) mass is 234 g/mol. The Labute approximate surface area is 104 Å². The maximum Gasteiger partial charge on any atom is 0.184 e. The summed E-state index contributed by atoms with van der Waals surface area (Å²) >= 11 is 0. The van der Waals surface area contributed by atoms with Crippen LogP contribution in [0, 0.1) is 5.92 Å². The molecule has 1 aliphatic heterocycles. The summed E-state index contributed by atoms with van der Waals surface area (Å²) in [5.41, 5.74) is 1.88. The molecule has 0 unspecified atom stereocenters. The van der Waals surface area contributed by atoms with E-state index < -0.39 is 0 Å². The number of aliphatic imine (C=N–C) groups is 1. The zero-order valence-corrected chi connectivity index (χ0v) is 11.1. The first-order valence-electron chi connectivity index (χ1n) is 6.66. The lowest BCUT2D eigenvalue weighted by molar-refractivity contribution is -0.116. The molecule has 0 radical (unpaired) electrons. The van der Waals surface area contributed by atoms with Gasteiger partial charge < -0.3 is 4.90 Å². The Kier molecular flexibility index (Phi) is 3.65. The Morgan fingerprint density at radius 2 is 2.18 bits per heavy atom. The maximum atomic E-state index is 12.2. The number of ketones is 1. The molecule has 3 nitrogen and oxygen atoms in total. The van der Waals surface area contributed by atoms with Crippen molar-refractivity contribution in [2.24, 2.45) is 10.9 Å². The molecular formula is C14H22N2O. The van der Waals surface area contributed by atoms with E-state index in [2.05, 4.69) is 23.9 Å². The van der Waals surface area contributed by atoms with Crippen molar-refractivity contribution in [2.45, 2.75) is 46.0 Å². The second-order valence-corrected chi connectivity index (χ2v) is 5.17. The topological polar surface area (TPSA) is 32.7 Å². The van der Waals surface area contributed by atoms with Crippen molar-refractivity contribution in [1.82, 2.24) is 4.90 Å². The molecule has 0 N–H and O–H groups in total. The molecule has 1 heterocycles. The van der Waals surface area contributed by atoms with Crippen LogP contribution >= 0.6 is 0 Å². The Morgan fingerprint density at radius 1 is 1.47 bits per heavy atom. The second kappa shape index (κ2) is 5.03. The molecular weight excluding hydrogens is 212 g/mol. The molecule has 1 saturated heterocycles. The van der Waals surface area contributed by atoms with Crippen LogP contribution in [0.25, 0.3) is 0 Å². The molecule has 1 saturated carbocycles. The summed E-state index contributed by atoms with van der Waals surface area (Å²) in [6, 6.07) is 0. The molecule has 2 rings (SSSR count). The molecule has 94 valence electrons. The first-order chi connectivity index (χ1) is 8.13. The highest BCUT2D eigenvalue weighted by atomic mass is 16.1. The SMILES string of the molecule is CC/C(C)=C(\N=C1\CCCN1C)C(=O)C1CC1. The molecule has 2 aliphatic rings. The van der Waals surface area contributed by atoms with E-state index >= 15 is 0 Å². The Hall–Kier alpha value is -1.12. The van der Waals surface area contributed by atoms with Gasteiger partial charge in [0.05, 0.1) is 0 Å². The van der Waals surface area contributed by atoms with Crippen molar-refractivity contribution in [3.05, 3.63) is 11.3 Å². The minimum atomic E-state index is 0.266. The summed E-state index contributed by atoms with van der Waals surface area (Å²) in [6.07, 6.45) is 5.19. The lowest BCUT2D eigenvalue weighted by Crippen LogP contribution is -2.20. The first-order valence-corrected chi connectivity index (χ1v) is 6.66. The zero-order valence-electron chi connectivity index (χ0n) is 11.1. The lowest BCUT2D eigenvalue weighted by Gasteiger charge is -2.13. The van der Waals surface area contributed by atoms with Crippen LogP contribution in [-0.4, -0.2) is 30.1 Å². The smallest absolute Gasteiger partial charge is 0.184 e. The van der Waals surface area contributed by atoms with E-state index in [1.807, 2.05) is 6.92 Å². The predicted octanol–water partition coefficient (Wildman–Crippen LogP) is 2.77. The molecule has 0 aromatic heterocycles. The normalized spacial score (nSPS) is 24.2. The van der Waals surface area contributed by atoms with Gasteiger partial charge in [0.15, 0.2) is 5.78 Å². The minimum absolute atomic E-state index is 0.266. The third-order valence-electron chi connectivity index (χ3n) is 3.69. The van der Waals surface area contributed by atoms with Gasteiger partial charge in [0.1, 0.15) is 11.5 Å². The minimum Gasteiger partial charge on any atom is -0.363 e. The highest BCUT2D eigenvalue weighted by molar-refractivity contribution is 6.01. The van der Waals surface area contributed by atoms with Gasteiger partial charge in [0.2, 0.25) is 0 Å². The zero-order chi connectivity index (χ0) is 12.4. The van der Waals surface area contributed by atoms with E-state index in [-0.39, 0.29) is 11.7 Å². The summed E-state index contributed by atoms with van der Waals surface area (Å²) in [5, 5.41) is 0. The van der Waals surface area contributed by atoms with E-state index in [0.717, 1.165) is 55.8 Å². The van der Waals surface area contributed by atoms with Crippen LogP contribution in [-0.2, 0) is 4.79 Å². The third-order valence-corrected chi connectivity index (χ3v) is 3.69. The van der Waals surface area contributed by atoms with Gasteiger partial charge in [0, 0.05) is 25.9 Å². The Bertz CT molecular complexity index is 378. The molecule has 17 heavy (non-hydrogen) atoms. The van der Waals surface area contributed by atoms with E-state index in [9.17, 15) is 4.79 Å². The standard InChI is InChI=1S/C14H22N2O/c1-4-10(2)13(14(17)11-7-8-11)15-12-6-5-9-16(12)3/h11H,4-9H2,1-3H3/b13-10-,15-12-. The van der Waals surface area contributed by atoms with Crippen LogP contribution in [0.1, 0.15) is 46.0 Å². The van der Waals surface area contributed by atoms with Crippen molar-refractivity contribution in [2.75, 3.05) is 13.6 Å². The van der Waals surface area contributed by atoms with E-state index in [1.54, 1.807) is 0 Å². The van der Waals surface area contributed by atoms with Crippen molar-refractivity contribution in [3.63, 3.8) is 0 Å². The molecule has 2 fully saturated rings. The molecule has 0 bridgehead atoms. The molecule has 0 atom stereocenters. The maximum absolute atomic E-state index is 12.2. The molecule has 0 aromatic carbocycles. The fourth-order valence-electron chi connectivity index (χ4n) is 2.13. The summed E-state index contributed by atoms with van der Waals surface area (Å²) in [6.45, 7) is 5.19. The number of carbonyl (C=O) groups excluding carboxylic acids is 1. The fourth-order valence-corrected chi connectivity index (χ4v) is 2.13. The van der Waals surface area contributed by atoms with Crippen molar-refractivity contribution < 1.29 is 4.79 Å². The lowest BCUT2D eigenvalue weighted by atomic mass is 10.1. The van der Waals surface area contributed by atoms with E-state index in [4.69, 9.17) is 0 Å². The van der Waals surface area contributed by atoms with Gasteiger partial charge in [-0.2, -0.15) is 0 Å². The number of likely N-dealkylation sites (tertiary alicyclic amines) is 1. The molecule has 3 heteroatoms. The molecule has 1 aliphatic carbocycles. The quantitative estimate of drug-likeness (QED) is 0.701. The van der Waals surface area contributed by atoms with Gasteiger partial charge in [0.25, 0.3) is 0 Å². The second-order valence-electron chi connectivity index (χ2n) is 5.17. The number of rotatable bonds is 4. The number of allylic oxidation sites excluding steroid dienone is 2. The van der Waals surface area contributed by atoms with Gasteiger partial charge in [-0.25, -0.2) is 4.99 Å². The van der Waals surface area contributed by atoms with Crippen LogP contribution in [0.3, 0.4) is 0 Å². The number of carbonyl (C=O) groups is 1. The summed E-state index contributed by atoms with van der Waals surface area (Å²) in [7, 11) is 2.06. The van der Waals surface area contributed by atoms with Crippen LogP contribution in [0.4, 0.5) is 0 Å². The number of amidine groups is 1. The first kappa shape index (κ1) is 12.3. The highest BCUT2D eigenvalue weighted by Crippen LogP contribution is 2.34. The van der Waals surface area contributed by atoms with Crippen LogP contribution in [0.2, 0.25) is 0 Å². The Balaban J connectivity index is 2.24. The van der Waals surface area contributed by atoms with Crippen LogP contribution in [0.5, 0.6) is 0 Å². The number of hydrogen-bond acceptors (Lipinski definition) is 2. The summed E-state index contributed by atoms with van der Waals surface area (Å²) < 4.78 is 0.